The first-order chi connectivity index (χ1) is 22.8. The monoisotopic (exact) mass is 670 g/mol. The van der Waals surface area contributed by atoms with Gasteiger partial charge in [0.05, 0.1) is 38.9 Å². The van der Waals surface area contributed by atoms with E-state index in [2.05, 4.69) is 20.6 Å². The Hall–Kier alpha value is -4.90. The van der Waals surface area contributed by atoms with E-state index in [-0.39, 0.29) is 44.0 Å². The van der Waals surface area contributed by atoms with Crippen LogP contribution in [-0.4, -0.2) is 124 Å². The molecule has 48 heavy (non-hydrogen) atoms. The molecule has 1 aromatic carbocycles. The lowest BCUT2D eigenvalue weighted by atomic mass is 9.66. The predicted molar refractivity (Wildman–Crippen MR) is 172 cm³/mol. The maximum Gasteiger partial charge on any atom is 0.475 e. The molecule has 260 valence electrons. The van der Waals surface area contributed by atoms with Crippen molar-refractivity contribution in [1.29, 1.82) is 0 Å². The Morgan fingerprint density at radius 3 is 2.12 bits per heavy atom. The van der Waals surface area contributed by atoms with Crippen molar-refractivity contribution in [2.75, 3.05) is 39.8 Å². The van der Waals surface area contributed by atoms with Crippen LogP contribution in [0.25, 0.3) is 0 Å². The summed E-state index contributed by atoms with van der Waals surface area (Å²) in [5.74, 6) is -6.17. The maximum atomic E-state index is 14.0. The van der Waals surface area contributed by atoms with Gasteiger partial charge in [-0.1, -0.05) is 51.1 Å². The number of hydrogen-bond donors (Lipinski definition) is 4. The quantitative estimate of drug-likeness (QED) is 0.104. The summed E-state index contributed by atoms with van der Waals surface area (Å²) in [6.07, 6.45) is 4.31. The van der Waals surface area contributed by atoms with E-state index in [1.165, 1.54) is 23.4 Å². The fraction of sp³-hybridized carbons (Fsp3) is 0.484. The van der Waals surface area contributed by atoms with Crippen molar-refractivity contribution < 1.29 is 48.4 Å². The summed E-state index contributed by atoms with van der Waals surface area (Å²) in [6, 6.07) is 7.87. The summed E-state index contributed by atoms with van der Waals surface area (Å²) >= 11 is 0. The summed E-state index contributed by atoms with van der Waals surface area (Å²) in [4.78, 5) is 85.7. The first-order valence-electron chi connectivity index (χ1n) is 15.4. The number of nitrogens with zero attached hydrogens (tertiary/aromatic N) is 4. The van der Waals surface area contributed by atoms with E-state index in [1.54, 1.807) is 31.2 Å². The number of rotatable bonds is 21. The lowest BCUT2D eigenvalue weighted by molar-refractivity contribution is -0.144. The number of esters is 1. The van der Waals surface area contributed by atoms with Gasteiger partial charge in [0, 0.05) is 38.3 Å². The topological polar surface area (TPSA) is 218 Å². The average Bonchev–Trinajstić information content (AvgIpc) is 3.04. The molecule has 0 saturated heterocycles. The molecule has 0 fully saturated rings. The number of methoxy groups -OCH3 is 1. The second-order valence-electron chi connectivity index (χ2n) is 11.3. The first kappa shape index (κ1) is 39.3. The molecule has 2 atom stereocenters. The van der Waals surface area contributed by atoms with Crippen LogP contribution in [-0.2, 0) is 39.8 Å². The van der Waals surface area contributed by atoms with Gasteiger partial charge in [0.15, 0.2) is 0 Å². The van der Waals surface area contributed by atoms with Gasteiger partial charge in [-0.15, -0.1) is 0 Å². The average molecular weight is 671 g/mol. The number of carboxylic acid groups (broad SMARTS) is 2. The molecule has 0 saturated carbocycles. The van der Waals surface area contributed by atoms with Crippen molar-refractivity contribution in [3.8, 4) is 0 Å². The maximum absolute atomic E-state index is 14.0. The summed E-state index contributed by atoms with van der Waals surface area (Å²) in [7, 11) is -0.108. The van der Waals surface area contributed by atoms with Crippen LogP contribution in [0.4, 0.5) is 0 Å². The number of amides is 2. The highest BCUT2D eigenvalue weighted by atomic mass is 16.5. The minimum Gasteiger partial charge on any atom is -0.518 e. The minimum atomic E-state index is -1.27. The zero-order valence-electron chi connectivity index (χ0n) is 27.5. The number of carbonyl (C=O) groups is 6. The van der Waals surface area contributed by atoms with Crippen LogP contribution >= 0.6 is 0 Å². The number of hydrogen-bond acceptors (Lipinski definition) is 12. The molecule has 0 spiro atoms. The van der Waals surface area contributed by atoms with Crippen LogP contribution in [0.15, 0.2) is 48.9 Å². The van der Waals surface area contributed by atoms with E-state index >= 15 is 0 Å². The number of aliphatic carboxylic acids is 2. The van der Waals surface area contributed by atoms with Crippen LogP contribution in [0.2, 0.25) is 0 Å². The van der Waals surface area contributed by atoms with E-state index in [9.17, 15) is 39.0 Å². The fourth-order valence-electron chi connectivity index (χ4n) is 4.77. The normalized spacial score (nSPS) is 12.2. The third kappa shape index (κ3) is 14.3. The van der Waals surface area contributed by atoms with Crippen molar-refractivity contribution in [3.63, 3.8) is 0 Å². The number of nitrogens with one attached hydrogen (secondary N) is 2. The molecule has 0 unspecified atom stereocenters. The summed E-state index contributed by atoms with van der Waals surface area (Å²) in [5, 5.41) is 24.2. The SMILES string of the molecule is CCC(=O)OB([C@H](CC(C)C)NC(=O)[C@H](Cc1ccccc1)NC(=O)c1cnccn1)N(CCN(CC(=O)O)CC(=O)O)CC(=O)OC. The molecule has 0 bridgehead atoms. The fourth-order valence-corrected chi connectivity index (χ4v) is 4.77. The molecule has 17 heteroatoms. The Bertz CT molecular complexity index is 1350. The van der Waals surface area contributed by atoms with Crippen LogP contribution in [0.5, 0.6) is 0 Å². The highest BCUT2D eigenvalue weighted by Gasteiger charge is 2.41. The largest absolute Gasteiger partial charge is 0.518 e. The first-order valence-corrected chi connectivity index (χ1v) is 15.4. The molecule has 2 aromatic rings. The third-order valence-electron chi connectivity index (χ3n) is 6.98. The molecule has 0 aliphatic heterocycles. The van der Waals surface area contributed by atoms with Gasteiger partial charge in [-0.25, -0.2) is 4.98 Å². The van der Waals surface area contributed by atoms with Gasteiger partial charge < -0.3 is 30.2 Å². The van der Waals surface area contributed by atoms with E-state index < -0.39 is 74.4 Å². The zero-order chi connectivity index (χ0) is 35.6. The Morgan fingerprint density at radius 2 is 1.58 bits per heavy atom. The molecule has 0 radical (unpaired) electrons. The summed E-state index contributed by atoms with van der Waals surface area (Å²) in [5.41, 5.74) is 0.740. The minimum absolute atomic E-state index is 0.00614. The standard InChI is InChI=1S/C31H43BN6O10/c1-5-28(43)48-32(38(20-29(44)47-4)14-13-37(18-26(39)40)19-27(41)42)25(15-21(2)3)36-30(45)23(16-22-9-7-6-8-10-22)35-31(46)24-17-33-11-12-34-24/h6-12,17,21,23,25H,5,13-16,18-20H2,1-4H3,(H,35,46)(H,36,45)(H,39,40)(H,41,42)/t23-,25-/m0/s1. The number of carboxylic acids is 2. The van der Waals surface area contributed by atoms with Crippen molar-refractivity contribution >= 4 is 42.7 Å². The number of carbonyl (C=O) groups excluding carboxylic acids is 4. The van der Waals surface area contributed by atoms with E-state index in [1.807, 2.05) is 19.9 Å². The Kier molecular flexibility index (Phi) is 16.7. The van der Waals surface area contributed by atoms with Crippen LogP contribution < -0.4 is 10.6 Å². The molecule has 1 aromatic heterocycles. The lowest BCUT2D eigenvalue weighted by Gasteiger charge is -2.35. The van der Waals surface area contributed by atoms with Gasteiger partial charge in [-0.05, 0) is 17.9 Å². The summed E-state index contributed by atoms with van der Waals surface area (Å²) < 4.78 is 10.7. The second-order valence-corrected chi connectivity index (χ2v) is 11.3. The Labute approximate surface area is 279 Å². The lowest BCUT2D eigenvalue weighted by Crippen LogP contribution is -2.62. The van der Waals surface area contributed by atoms with Crippen molar-refractivity contribution in [2.24, 2.45) is 5.92 Å². The van der Waals surface area contributed by atoms with Gasteiger partial charge in [-0.2, -0.15) is 0 Å². The molecule has 0 aliphatic rings. The summed E-state index contributed by atoms with van der Waals surface area (Å²) in [6.45, 7) is 3.39. The van der Waals surface area contributed by atoms with Gasteiger partial charge in [0.25, 0.3) is 11.9 Å². The third-order valence-corrected chi connectivity index (χ3v) is 6.98. The second kappa shape index (κ2) is 20.4. The number of ether oxygens (including phenoxy) is 1. The highest BCUT2D eigenvalue weighted by molar-refractivity contribution is 6.53. The van der Waals surface area contributed by atoms with Gasteiger partial charge in [0.1, 0.15) is 11.7 Å². The van der Waals surface area contributed by atoms with Crippen LogP contribution in [0, 0.1) is 5.92 Å². The van der Waals surface area contributed by atoms with Crippen LogP contribution in [0.1, 0.15) is 49.7 Å². The smallest absolute Gasteiger partial charge is 0.475 e. The Balaban J connectivity index is 2.50. The van der Waals surface area contributed by atoms with Crippen LogP contribution in [0.3, 0.4) is 0 Å². The van der Waals surface area contributed by atoms with Crippen molar-refractivity contribution in [3.05, 3.63) is 60.2 Å². The number of aromatic nitrogens is 2. The van der Waals surface area contributed by atoms with E-state index in [4.69, 9.17) is 9.39 Å². The van der Waals surface area contributed by atoms with Gasteiger partial charge in [-0.3, -0.25) is 43.5 Å². The van der Waals surface area contributed by atoms with E-state index in [0.29, 0.717) is 0 Å². The number of benzene rings is 1. The highest BCUT2D eigenvalue weighted by Crippen LogP contribution is 2.15. The molecular weight excluding hydrogens is 627 g/mol. The molecule has 1 heterocycles. The Morgan fingerprint density at radius 1 is 0.917 bits per heavy atom. The van der Waals surface area contributed by atoms with Crippen molar-refractivity contribution in [2.45, 2.75) is 52.0 Å². The van der Waals surface area contributed by atoms with Crippen molar-refractivity contribution in [1.82, 2.24) is 30.3 Å². The molecule has 16 nitrogen and oxygen atoms in total. The predicted octanol–water partition coefficient (Wildman–Crippen LogP) is 0.275. The molecular formula is C31H43BN6O10. The molecule has 4 N–H and O–H groups in total. The van der Waals surface area contributed by atoms with E-state index in [0.717, 1.165) is 17.6 Å². The molecule has 2 amide bonds. The zero-order valence-corrected chi connectivity index (χ0v) is 27.5. The molecule has 2 rings (SSSR count). The molecule has 0 aliphatic carbocycles. The van der Waals surface area contributed by atoms with Gasteiger partial charge >= 0.3 is 25.0 Å². The van der Waals surface area contributed by atoms with Gasteiger partial charge in [0.2, 0.25) is 5.91 Å².